The van der Waals surface area contributed by atoms with Crippen LogP contribution in [0.4, 0.5) is 14.6 Å². The molecule has 0 amide bonds. The number of aliphatic hydroxyl groups is 1. The van der Waals surface area contributed by atoms with Crippen LogP contribution in [0.2, 0.25) is 0 Å². The van der Waals surface area contributed by atoms with E-state index in [9.17, 15) is 10.2 Å². The molecular formula is C39H50F2N5O3P. The van der Waals surface area contributed by atoms with E-state index in [4.69, 9.17) is 19.7 Å². The predicted octanol–water partition coefficient (Wildman–Crippen LogP) is 7.60. The number of aryl methyl sites for hydroxylation is 1. The summed E-state index contributed by atoms with van der Waals surface area (Å²) in [5, 5.41) is 22.7. The van der Waals surface area contributed by atoms with E-state index in [0.717, 1.165) is 45.2 Å². The quantitative estimate of drug-likeness (QED) is 0.245. The van der Waals surface area contributed by atoms with Gasteiger partial charge >= 0.3 is 6.01 Å². The van der Waals surface area contributed by atoms with Gasteiger partial charge in [-0.25, -0.2) is 8.78 Å². The Morgan fingerprint density at radius 1 is 1.10 bits per heavy atom. The first-order valence-corrected chi connectivity index (χ1v) is 19.2. The maximum absolute atomic E-state index is 17.7. The molecule has 3 fully saturated rings. The molecule has 50 heavy (non-hydrogen) atoms. The lowest BCUT2D eigenvalue weighted by Gasteiger charge is -2.35. The number of aliphatic imine (C=N–C) groups is 1. The Labute approximate surface area is 296 Å². The van der Waals surface area contributed by atoms with Crippen LogP contribution >= 0.6 is 9.24 Å². The van der Waals surface area contributed by atoms with Gasteiger partial charge in [0.1, 0.15) is 29.7 Å². The van der Waals surface area contributed by atoms with E-state index in [1.54, 1.807) is 12.1 Å². The average Bonchev–Trinajstić information content (AvgIpc) is 3.69. The lowest BCUT2D eigenvalue weighted by molar-refractivity contribution is 0.107. The molecule has 2 atom stereocenters. The van der Waals surface area contributed by atoms with Crippen LogP contribution in [0, 0.1) is 5.82 Å². The summed E-state index contributed by atoms with van der Waals surface area (Å²) in [6.07, 6.45) is 7.48. The fourth-order valence-corrected chi connectivity index (χ4v) is 8.37. The molecule has 1 aromatic heterocycles. The third-order valence-corrected chi connectivity index (χ3v) is 10.5. The second kappa shape index (κ2) is 15.0. The minimum atomic E-state index is -0.638. The van der Waals surface area contributed by atoms with Crippen LogP contribution in [0.5, 0.6) is 11.8 Å². The first-order chi connectivity index (χ1) is 24.1. The van der Waals surface area contributed by atoms with Gasteiger partial charge in [0.2, 0.25) is 0 Å². The zero-order valence-electron chi connectivity index (χ0n) is 29.9. The lowest BCUT2D eigenvalue weighted by atomic mass is 9.81. The van der Waals surface area contributed by atoms with Crippen molar-refractivity contribution in [1.82, 2.24) is 14.9 Å². The monoisotopic (exact) mass is 705 g/mol. The van der Waals surface area contributed by atoms with Crippen molar-refractivity contribution in [1.29, 1.82) is 0 Å². The second-order valence-electron chi connectivity index (χ2n) is 13.9. The molecule has 0 spiro atoms. The minimum Gasteiger partial charge on any atom is -0.508 e. The number of nitrogens with zero attached hydrogens (tertiary/aromatic N) is 5. The smallest absolute Gasteiger partial charge is 0.319 e. The first-order valence-electron chi connectivity index (χ1n) is 18.0. The molecule has 2 aromatic carbocycles. The SMILES string of the molecule is C/C=C1\C(=NC(C)C)C(c2cc(O)cc3ccc(F)c(CC)c23)=C(F)c2nc(OCC34CCCN3CCC4)nc(N3CCCC(O)C3)c21.CP. The van der Waals surface area contributed by atoms with E-state index in [2.05, 4.69) is 14.1 Å². The van der Waals surface area contributed by atoms with Gasteiger partial charge in [0.25, 0.3) is 0 Å². The number of phenols is 1. The summed E-state index contributed by atoms with van der Waals surface area (Å²) in [6.45, 7) is 13.0. The van der Waals surface area contributed by atoms with Crippen molar-refractivity contribution in [3.05, 3.63) is 58.5 Å². The van der Waals surface area contributed by atoms with Crippen molar-refractivity contribution in [2.75, 3.05) is 44.4 Å². The number of halogens is 2. The summed E-state index contributed by atoms with van der Waals surface area (Å²) < 4.78 is 39.4. The largest absolute Gasteiger partial charge is 0.508 e. The van der Waals surface area contributed by atoms with Gasteiger partial charge < -0.3 is 19.8 Å². The number of benzene rings is 2. The molecule has 0 saturated carbocycles. The molecule has 3 aliphatic heterocycles. The van der Waals surface area contributed by atoms with Crippen LogP contribution in [0.3, 0.4) is 0 Å². The number of piperidine rings is 1. The Morgan fingerprint density at radius 2 is 1.84 bits per heavy atom. The Balaban J connectivity index is 0.00000212. The van der Waals surface area contributed by atoms with Gasteiger partial charge in [-0.05, 0) is 119 Å². The molecule has 2 N–H and O–H groups in total. The molecule has 268 valence electrons. The first kappa shape index (κ1) is 36.3. The van der Waals surface area contributed by atoms with Crippen molar-refractivity contribution in [3.63, 3.8) is 0 Å². The fraction of sp³-hybridized carbons (Fsp3) is 0.513. The van der Waals surface area contributed by atoms with Crippen LogP contribution in [0.15, 0.2) is 35.3 Å². The van der Waals surface area contributed by atoms with E-state index in [0.29, 0.717) is 77.1 Å². The number of phenolic OH excluding ortho intramolecular Hbond substituents is 1. The standard InChI is InChI=1S/C38H45F2N5O3.CH5P/c1-5-26-29(39)12-11-23-18-25(47)19-28(30(23)26)31-33(40)35-32(27(6-2)34(31)41-22(3)4)36(44-15-7-10-24(46)20-44)43-37(42-35)48-21-38-13-8-16-45(38)17-9-14-38;1-2/h6,11-12,18-19,22,24,46-47H,5,7-10,13-17,20-21H2,1-4H3;2H2,1H3/b27-6-,41-34?;. The molecule has 8 nitrogen and oxygen atoms in total. The molecule has 0 radical (unpaired) electrons. The highest BCUT2D eigenvalue weighted by Gasteiger charge is 2.45. The third kappa shape index (κ3) is 6.55. The number of hydrogen-bond donors (Lipinski definition) is 2. The van der Waals surface area contributed by atoms with Crippen LogP contribution in [0.1, 0.15) is 88.6 Å². The number of hydrogen-bond acceptors (Lipinski definition) is 8. The van der Waals surface area contributed by atoms with Crippen molar-refractivity contribution in [3.8, 4) is 11.8 Å². The van der Waals surface area contributed by atoms with Gasteiger partial charge in [0, 0.05) is 30.3 Å². The number of aliphatic hydroxyl groups excluding tert-OH is 1. The number of anilines is 1. The van der Waals surface area contributed by atoms with E-state index in [1.165, 1.54) is 12.1 Å². The fourth-order valence-electron chi connectivity index (χ4n) is 8.37. The number of β-amino-alcohol motifs (C(OH)–C–C–N with tert-alkyl or cyclic N) is 1. The van der Waals surface area contributed by atoms with Crippen molar-refractivity contribution in [2.24, 2.45) is 4.99 Å². The van der Waals surface area contributed by atoms with Crippen LogP contribution in [-0.4, -0.2) is 87.9 Å². The zero-order chi connectivity index (χ0) is 35.7. The van der Waals surface area contributed by atoms with Gasteiger partial charge in [-0.2, -0.15) is 9.97 Å². The van der Waals surface area contributed by atoms with Crippen molar-refractivity contribution < 1.29 is 23.7 Å². The summed E-state index contributed by atoms with van der Waals surface area (Å²) in [6, 6.07) is 5.95. The Kier molecular flexibility index (Phi) is 10.9. The third-order valence-electron chi connectivity index (χ3n) is 10.5. The van der Waals surface area contributed by atoms with Gasteiger partial charge in [0.15, 0.2) is 5.83 Å². The van der Waals surface area contributed by atoms with Crippen LogP contribution in [-0.2, 0) is 6.42 Å². The number of fused-ring (bicyclic) bond motifs is 3. The van der Waals surface area contributed by atoms with E-state index < -0.39 is 11.9 Å². The number of aromatic nitrogens is 2. The number of aromatic hydroxyl groups is 1. The highest BCUT2D eigenvalue weighted by atomic mass is 31.0. The highest BCUT2D eigenvalue weighted by molar-refractivity contribution is 7.15. The number of allylic oxidation sites excluding steroid dienone is 3. The number of ether oxygens (including phenoxy) is 1. The molecular weight excluding hydrogens is 655 g/mol. The van der Waals surface area contributed by atoms with Crippen LogP contribution in [0.25, 0.3) is 27.7 Å². The second-order valence-corrected chi connectivity index (χ2v) is 13.9. The normalized spacial score (nSPS) is 22.0. The summed E-state index contributed by atoms with van der Waals surface area (Å²) >= 11 is 0. The summed E-state index contributed by atoms with van der Waals surface area (Å²) in [5.74, 6) is -0.588. The van der Waals surface area contributed by atoms with Gasteiger partial charge in [0.05, 0.1) is 22.9 Å². The van der Waals surface area contributed by atoms with Gasteiger partial charge in [-0.3, -0.25) is 9.89 Å². The summed E-state index contributed by atoms with van der Waals surface area (Å²) in [7, 11) is 2.42. The highest BCUT2D eigenvalue weighted by Crippen LogP contribution is 2.48. The molecule has 2 unspecified atom stereocenters. The maximum atomic E-state index is 17.7. The molecule has 3 aromatic rings. The Hall–Kier alpha value is -3.46. The van der Waals surface area contributed by atoms with Crippen LogP contribution < -0.4 is 9.64 Å². The molecule has 3 saturated heterocycles. The lowest BCUT2D eigenvalue weighted by Crippen LogP contribution is -2.43. The predicted molar refractivity (Wildman–Crippen MR) is 202 cm³/mol. The number of rotatable bonds is 7. The summed E-state index contributed by atoms with van der Waals surface area (Å²) in [4.78, 5) is 19.2. The molecule has 0 bridgehead atoms. The minimum absolute atomic E-state index is 0.0603. The average molecular weight is 706 g/mol. The van der Waals surface area contributed by atoms with Gasteiger partial charge in [-0.15, -0.1) is 9.24 Å². The Morgan fingerprint density at radius 3 is 2.50 bits per heavy atom. The summed E-state index contributed by atoms with van der Waals surface area (Å²) in [5.41, 5.74) is 2.46. The molecule has 1 aliphatic carbocycles. The molecule has 11 heteroatoms. The van der Waals surface area contributed by atoms with Crippen molar-refractivity contribution in [2.45, 2.75) is 90.3 Å². The molecule has 7 rings (SSSR count). The molecule has 4 heterocycles. The van der Waals surface area contributed by atoms with Gasteiger partial charge in [-0.1, -0.05) is 25.7 Å². The zero-order valence-corrected chi connectivity index (χ0v) is 31.1. The van der Waals surface area contributed by atoms with E-state index in [1.807, 2.05) is 45.3 Å². The topological polar surface area (TPSA) is 94.3 Å². The maximum Gasteiger partial charge on any atom is 0.319 e. The van der Waals surface area contributed by atoms with E-state index in [-0.39, 0.29) is 40.4 Å². The van der Waals surface area contributed by atoms with E-state index >= 15 is 8.78 Å². The van der Waals surface area contributed by atoms with Crippen molar-refractivity contribution >= 4 is 48.5 Å². The Bertz CT molecular complexity index is 1850. The molecule has 4 aliphatic rings.